The Bertz CT molecular complexity index is 173. The molecule has 0 spiro atoms. The number of rotatable bonds is 1. The maximum absolute atomic E-state index is 10.8. The molecule has 5 nitrogen and oxygen atoms in total. The first-order chi connectivity index (χ1) is 5.20. The van der Waals surface area contributed by atoms with Gasteiger partial charge in [0, 0.05) is 6.61 Å². The lowest BCUT2D eigenvalue weighted by atomic mass is 10.2. The Morgan fingerprint density at radius 1 is 1.55 bits per heavy atom. The van der Waals surface area contributed by atoms with E-state index in [4.69, 9.17) is 9.84 Å². The molecule has 1 aliphatic rings. The molecule has 1 heterocycles. The first-order valence-electron chi connectivity index (χ1n) is 3.35. The zero-order chi connectivity index (χ0) is 8.27. The van der Waals surface area contributed by atoms with E-state index in [0.717, 1.165) is 6.42 Å². The molecule has 1 aliphatic heterocycles. The van der Waals surface area contributed by atoms with E-state index in [1.807, 2.05) is 0 Å². The molecule has 1 unspecified atom stereocenters. The van der Waals surface area contributed by atoms with Crippen LogP contribution in [0.5, 0.6) is 0 Å². The minimum absolute atomic E-state index is 0.539. The van der Waals surface area contributed by atoms with Crippen LogP contribution >= 0.6 is 0 Å². The van der Waals surface area contributed by atoms with Crippen molar-refractivity contribution in [2.75, 3.05) is 6.61 Å². The van der Waals surface area contributed by atoms with E-state index in [1.165, 1.54) is 0 Å². The predicted octanol–water partition coefficient (Wildman–Crippen LogP) is -0.0404. The van der Waals surface area contributed by atoms with Gasteiger partial charge in [-0.15, -0.1) is 0 Å². The van der Waals surface area contributed by atoms with Gasteiger partial charge in [-0.05, 0) is 12.8 Å². The largest absolute Gasteiger partial charge is 0.465 e. The summed E-state index contributed by atoms with van der Waals surface area (Å²) in [4.78, 5) is 20.8. The molecule has 1 atom stereocenters. The topological polar surface area (TPSA) is 75.6 Å². The molecule has 11 heavy (non-hydrogen) atoms. The van der Waals surface area contributed by atoms with Crippen LogP contribution in [0.15, 0.2) is 0 Å². The molecule has 0 aliphatic carbocycles. The summed E-state index contributed by atoms with van der Waals surface area (Å²) < 4.78 is 4.94. The van der Waals surface area contributed by atoms with Crippen molar-refractivity contribution in [2.24, 2.45) is 0 Å². The highest BCUT2D eigenvalue weighted by Crippen LogP contribution is 2.11. The standard InChI is InChI=1S/C6H9NO4/c8-5(7-6(9)10)4-2-1-3-11-4/h4H,1-3H2,(H,7,8)(H,9,10). The third-order valence-electron chi connectivity index (χ3n) is 1.45. The maximum atomic E-state index is 10.8. The molecule has 0 aromatic carbocycles. The van der Waals surface area contributed by atoms with Gasteiger partial charge in [-0.1, -0.05) is 0 Å². The summed E-state index contributed by atoms with van der Waals surface area (Å²) in [5.74, 6) is -0.560. The van der Waals surface area contributed by atoms with Crippen LogP contribution in [0.3, 0.4) is 0 Å². The Morgan fingerprint density at radius 3 is 2.73 bits per heavy atom. The molecule has 0 aromatic heterocycles. The Labute approximate surface area is 63.3 Å². The van der Waals surface area contributed by atoms with E-state index in [1.54, 1.807) is 5.32 Å². The number of carbonyl (C=O) groups excluding carboxylic acids is 1. The Balaban J connectivity index is 2.34. The number of carbonyl (C=O) groups is 2. The van der Waals surface area contributed by atoms with E-state index in [2.05, 4.69) is 0 Å². The van der Waals surface area contributed by atoms with Crippen LogP contribution in [0.4, 0.5) is 4.79 Å². The second-order valence-electron chi connectivity index (χ2n) is 2.30. The molecule has 0 radical (unpaired) electrons. The molecule has 2 N–H and O–H groups in total. The highest BCUT2D eigenvalue weighted by Gasteiger charge is 2.24. The first kappa shape index (κ1) is 8.00. The second-order valence-corrected chi connectivity index (χ2v) is 2.30. The Kier molecular flexibility index (Phi) is 2.43. The van der Waals surface area contributed by atoms with Gasteiger partial charge in [-0.3, -0.25) is 10.1 Å². The molecule has 0 saturated carbocycles. The van der Waals surface area contributed by atoms with Crippen molar-refractivity contribution in [2.45, 2.75) is 18.9 Å². The van der Waals surface area contributed by atoms with Gasteiger partial charge in [0.05, 0.1) is 0 Å². The quantitative estimate of drug-likeness (QED) is 0.562. The monoisotopic (exact) mass is 159 g/mol. The molecule has 0 bridgehead atoms. The molecule has 1 fully saturated rings. The van der Waals surface area contributed by atoms with Crippen molar-refractivity contribution < 1.29 is 19.4 Å². The van der Waals surface area contributed by atoms with Crippen molar-refractivity contribution in [3.05, 3.63) is 0 Å². The van der Waals surface area contributed by atoms with Crippen LogP contribution < -0.4 is 5.32 Å². The smallest absolute Gasteiger partial charge is 0.411 e. The van der Waals surface area contributed by atoms with Gasteiger partial charge in [-0.2, -0.15) is 0 Å². The van der Waals surface area contributed by atoms with Crippen LogP contribution in [0, 0.1) is 0 Å². The van der Waals surface area contributed by atoms with Crippen LogP contribution in [0.25, 0.3) is 0 Å². The summed E-state index contributed by atoms with van der Waals surface area (Å²) in [7, 11) is 0. The Hall–Kier alpha value is -1.10. The number of imide groups is 1. The van der Waals surface area contributed by atoms with Crippen molar-refractivity contribution >= 4 is 12.0 Å². The number of carboxylic acid groups (broad SMARTS) is 1. The lowest BCUT2D eigenvalue weighted by molar-refractivity contribution is -0.129. The van der Waals surface area contributed by atoms with Gasteiger partial charge in [0.2, 0.25) is 0 Å². The summed E-state index contributed by atoms with van der Waals surface area (Å²) in [5, 5.41) is 9.89. The molecular weight excluding hydrogens is 150 g/mol. The minimum atomic E-state index is -1.33. The summed E-state index contributed by atoms with van der Waals surface area (Å²) >= 11 is 0. The van der Waals surface area contributed by atoms with Crippen molar-refractivity contribution in [3.8, 4) is 0 Å². The normalized spacial score (nSPS) is 23.1. The number of ether oxygens (including phenoxy) is 1. The molecule has 2 amide bonds. The van der Waals surface area contributed by atoms with Gasteiger partial charge < -0.3 is 9.84 Å². The zero-order valence-corrected chi connectivity index (χ0v) is 5.87. The van der Waals surface area contributed by atoms with Gasteiger partial charge in [0.25, 0.3) is 5.91 Å². The fourth-order valence-corrected chi connectivity index (χ4v) is 0.970. The third kappa shape index (κ3) is 2.19. The maximum Gasteiger partial charge on any atom is 0.411 e. The van der Waals surface area contributed by atoms with E-state index < -0.39 is 18.1 Å². The van der Waals surface area contributed by atoms with E-state index in [-0.39, 0.29) is 0 Å². The summed E-state index contributed by atoms with van der Waals surface area (Å²) in [5.41, 5.74) is 0. The molecule has 0 aromatic rings. The van der Waals surface area contributed by atoms with Gasteiger partial charge in [0.15, 0.2) is 0 Å². The molecule has 62 valence electrons. The van der Waals surface area contributed by atoms with Crippen molar-refractivity contribution in [1.82, 2.24) is 5.32 Å². The lowest BCUT2D eigenvalue weighted by Gasteiger charge is -2.05. The fraction of sp³-hybridized carbons (Fsp3) is 0.667. The Morgan fingerprint density at radius 2 is 2.27 bits per heavy atom. The lowest BCUT2D eigenvalue weighted by Crippen LogP contribution is -2.37. The second kappa shape index (κ2) is 3.34. The summed E-state index contributed by atoms with van der Waals surface area (Å²) in [6, 6.07) is 0. The molecule has 1 saturated heterocycles. The molecule has 1 rings (SSSR count). The minimum Gasteiger partial charge on any atom is -0.465 e. The fourth-order valence-electron chi connectivity index (χ4n) is 0.970. The zero-order valence-electron chi connectivity index (χ0n) is 5.87. The van der Waals surface area contributed by atoms with Crippen molar-refractivity contribution in [3.63, 3.8) is 0 Å². The number of hydrogen-bond acceptors (Lipinski definition) is 3. The summed E-state index contributed by atoms with van der Waals surface area (Å²) in [6.07, 6.45) is -0.465. The van der Waals surface area contributed by atoms with Crippen LogP contribution in [-0.2, 0) is 9.53 Å². The van der Waals surface area contributed by atoms with E-state index in [9.17, 15) is 9.59 Å². The van der Waals surface area contributed by atoms with Gasteiger partial charge in [0.1, 0.15) is 6.10 Å². The average Bonchev–Trinajstić information content (AvgIpc) is 2.35. The third-order valence-corrected chi connectivity index (χ3v) is 1.45. The molecular formula is C6H9NO4. The van der Waals surface area contributed by atoms with Gasteiger partial charge in [-0.25, -0.2) is 4.79 Å². The van der Waals surface area contributed by atoms with E-state index >= 15 is 0 Å². The highest BCUT2D eigenvalue weighted by molar-refractivity contribution is 5.93. The predicted molar refractivity (Wildman–Crippen MR) is 35.1 cm³/mol. The van der Waals surface area contributed by atoms with Crippen LogP contribution in [0.2, 0.25) is 0 Å². The number of nitrogens with one attached hydrogen (secondary N) is 1. The van der Waals surface area contributed by atoms with Crippen molar-refractivity contribution in [1.29, 1.82) is 0 Å². The number of amides is 2. The van der Waals surface area contributed by atoms with Gasteiger partial charge >= 0.3 is 6.09 Å². The highest BCUT2D eigenvalue weighted by atomic mass is 16.5. The summed E-state index contributed by atoms with van der Waals surface area (Å²) in [6.45, 7) is 0.539. The van der Waals surface area contributed by atoms with Crippen LogP contribution in [0.1, 0.15) is 12.8 Å². The van der Waals surface area contributed by atoms with Crippen LogP contribution in [-0.4, -0.2) is 29.8 Å². The first-order valence-corrected chi connectivity index (χ1v) is 3.35. The average molecular weight is 159 g/mol. The van der Waals surface area contributed by atoms with E-state index in [0.29, 0.717) is 13.0 Å². The number of hydrogen-bond donors (Lipinski definition) is 2. The SMILES string of the molecule is O=C(O)NC(=O)C1CCCO1. The molecule has 5 heteroatoms.